The van der Waals surface area contributed by atoms with Crippen molar-refractivity contribution in [2.24, 2.45) is 0 Å². The number of anilines is 3. The Kier molecular flexibility index (Phi) is 4.08. The second-order valence-corrected chi connectivity index (χ2v) is 4.45. The number of benzene rings is 2. The largest absolute Gasteiger partial charge is 0.478 e. The third kappa shape index (κ3) is 3.30. The molecule has 0 atom stereocenters. The summed E-state index contributed by atoms with van der Waals surface area (Å²) in [5.74, 6) is -1.04. The number of nitrogen functional groups attached to an aromatic ring is 1. The third-order valence-corrected chi connectivity index (χ3v) is 3.02. The molecule has 0 saturated heterocycles. The molecule has 5 N–H and O–H groups in total. The fourth-order valence-electron chi connectivity index (χ4n) is 1.89. The van der Waals surface area contributed by atoms with Crippen LogP contribution in [0.1, 0.15) is 15.9 Å². The highest BCUT2D eigenvalue weighted by atomic mass is 16.4. The van der Waals surface area contributed by atoms with Gasteiger partial charge in [-0.2, -0.15) is 0 Å². The topological polar surface area (TPSA) is 104 Å². The molecule has 0 aromatic heterocycles. The molecule has 0 fully saturated rings. The molecular weight excluding hydrogens is 270 g/mol. The molecule has 2 rings (SSSR count). The van der Waals surface area contributed by atoms with Crippen LogP contribution in [0.3, 0.4) is 0 Å². The van der Waals surface area contributed by atoms with Gasteiger partial charge < -0.3 is 21.5 Å². The number of para-hydroxylation sites is 2. The van der Waals surface area contributed by atoms with Gasteiger partial charge >= 0.3 is 12.0 Å². The summed E-state index contributed by atoms with van der Waals surface area (Å²) in [6.07, 6.45) is 0. The normalized spacial score (nSPS) is 9.95. The van der Waals surface area contributed by atoms with Crippen molar-refractivity contribution >= 4 is 29.1 Å². The number of carboxylic acids is 1. The Hall–Kier alpha value is -3.02. The molecule has 0 aliphatic carbocycles. The highest BCUT2D eigenvalue weighted by Crippen LogP contribution is 2.20. The Bertz CT molecular complexity index is 698. The van der Waals surface area contributed by atoms with E-state index in [1.807, 2.05) is 0 Å². The van der Waals surface area contributed by atoms with E-state index in [4.69, 9.17) is 10.8 Å². The lowest BCUT2D eigenvalue weighted by Gasteiger charge is -2.12. The predicted octanol–water partition coefficient (Wildman–Crippen LogP) is 2.92. The number of rotatable bonds is 3. The van der Waals surface area contributed by atoms with Crippen LogP contribution in [-0.4, -0.2) is 17.1 Å². The maximum absolute atomic E-state index is 11.9. The summed E-state index contributed by atoms with van der Waals surface area (Å²) >= 11 is 0. The second-order valence-electron chi connectivity index (χ2n) is 4.45. The zero-order valence-electron chi connectivity index (χ0n) is 11.4. The minimum Gasteiger partial charge on any atom is -0.478 e. The van der Waals surface area contributed by atoms with Crippen molar-refractivity contribution in [3.63, 3.8) is 0 Å². The Morgan fingerprint density at radius 2 is 1.62 bits per heavy atom. The van der Waals surface area contributed by atoms with Crippen LogP contribution in [0.25, 0.3) is 0 Å². The van der Waals surface area contributed by atoms with Gasteiger partial charge in [0.05, 0.1) is 16.9 Å². The highest BCUT2D eigenvalue weighted by Gasteiger charge is 2.12. The van der Waals surface area contributed by atoms with E-state index in [-0.39, 0.29) is 5.56 Å². The Labute approximate surface area is 121 Å². The van der Waals surface area contributed by atoms with Gasteiger partial charge in [0, 0.05) is 5.69 Å². The van der Waals surface area contributed by atoms with E-state index in [2.05, 4.69) is 10.6 Å². The maximum Gasteiger partial charge on any atom is 0.336 e. The summed E-state index contributed by atoms with van der Waals surface area (Å²) in [5, 5.41) is 14.3. The van der Waals surface area contributed by atoms with E-state index in [0.29, 0.717) is 22.6 Å². The van der Waals surface area contributed by atoms with Crippen molar-refractivity contribution in [3.8, 4) is 0 Å². The number of nitrogens with two attached hydrogens (primary N) is 1. The van der Waals surface area contributed by atoms with Crippen molar-refractivity contribution in [3.05, 3.63) is 53.6 Å². The average molecular weight is 285 g/mol. The minimum absolute atomic E-state index is 0.145. The Morgan fingerprint density at radius 1 is 1.00 bits per heavy atom. The number of carboxylic acid groups (broad SMARTS) is 1. The van der Waals surface area contributed by atoms with E-state index in [9.17, 15) is 9.59 Å². The minimum atomic E-state index is -1.04. The van der Waals surface area contributed by atoms with Crippen LogP contribution in [0.4, 0.5) is 21.9 Å². The SMILES string of the molecule is Cc1c(NC(=O)Nc2ccccc2N)cccc1C(=O)O. The number of amides is 2. The summed E-state index contributed by atoms with van der Waals surface area (Å²) in [7, 11) is 0. The number of carbonyl (C=O) groups excluding carboxylic acids is 1. The molecule has 0 aliphatic heterocycles. The molecule has 0 radical (unpaired) electrons. The lowest BCUT2D eigenvalue weighted by molar-refractivity contribution is 0.0696. The van der Waals surface area contributed by atoms with Gasteiger partial charge in [-0.05, 0) is 36.8 Å². The number of hydrogen-bond donors (Lipinski definition) is 4. The monoisotopic (exact) mass is 285 g/mol. The van der Waals surface area contributed by atoms with E-state index in [0.717, 1.165) is 0 Å². The van der Waals surface area contributed by atoms with Gasteiger partial charge in [0.15, 0.2) is 0 Å². The van der Waals surface area contributed by atoms with E-state index >= 15 is 0 Å². The van der Waals surface area contributed by atoms with E-state index in [1.54, 1.807) is 43.3 Å². The van der Waals surface area contributed by atoms with Crippen LogP contribution < -0.4 is 16.4 Å². The van der Waals surface area contributed by atoms with Gasteiger partial charge in [-0.1, -0.05) is 18.2 Å². The first-order chi connectivity index (χ1) is 9.99. The fraction of sp³-hybridized carbons (Fsp3) is 0.0667. The molecule has 0 aliphatic rings. The number of urea groups is 1. The van der Waals surface area contributed by atoms with Crippen molar-refractivity contribution in [1.29, 1.82) is 0 Å². The van der Waals surface area contributed by atoms with Crippen LogP contribution in [0.2, 0.25) is 0 Å². The molecule has 0 heterocycles. The summed E-state index contributed by atoms with van der Waals surface area (Å²) in [6.45, 7) is 1.63. The van der Waals surface area contributed by atoms with Crippen LogP contribution in [0.5, 0.6) is 0 Å². The first kappa shape index (κ1) is 14.4. The van der Waals surface area contributed by atoms with Crippen molar-refractivity contribution in [1.82, 2.24) is 0 Å². The molecule has 6 nitrogen and oxygen atoms in total. The summed E-state index contributed by atoms with van der Waals surface area (Å²) < 4.78 is 0. The molecule has 6 heteroatoms. The molecule has 2 amide bonds. The van der Waals surface area contributed by atoms with E-state index < -0.39 is 12.0 Å². The molecule has 0 bridgehead atoms. The maximum atomic E-state index is 11.9. The molecule has 108 valence electrons. The summed E-state index contributed by atoms with van der Waals surface area (Å²) in [4.78, 5) is 23.0. The zero-order chi connectivity index (χ0) is 15.4. The quantitative estimate of drug-likeness (QED) is 0.651. The lowest BCUT2D eigenvalue weighted by Crippen LogP contribution is -2.21. The smallest absolute Gasteiger partial charge is 0.336 e. The molecule has 2 aromatic rings. The number of nitrogens with one attached hydrogen (secondary N) is 2. The third-order valence-electron chi connectivity index (χ3n) is 3.02. The standard InChI is InChI=1S/C15H15N3O3/c1-9-10(14(19)20)5-4-8-12(9)17-15(21)18-13-7-3-2-6-11(13)16/h2-8H,16H2,1H3,(H,19,20)(H2,17,18,21). The van der Waals surface area contributed by atoms with Crippen LogP contribution in [0.15, 0.2) is 42.5 Å². The van der Waals surface area contributed by atoms with Crippen LogP contribution in [0, 0.1) is 6.92 Å². The molecule has 0 unspecified atom stereocenters. The molecular formula is C15H15N3O3. The fourth-order valence-corrected chi connectivity index (χ4v) is 1.89. The van der Waals surface area contributed by atoms with Crippen molar-refractivity contribution in [2.75, 3.05) is 16.4 Å². The number of carbonyl (C=O) groups is 2. The zero-order valence-corrected chi connectivity index (χ0v) is 11.4. The van der Waals surface area contributed by atoms with Crippen LogP contribution in [-0.2, 0) is 0 Å². The van der Waals surface area contributed by atoms with Crippen molar-refractivity contribution < 1.29 is 14.7 Å². The van der Waals surface area contributed by atoms with Gasteiger partial charge in [0.1, 0.15) is 0 Å². The number of aromatic carboxylic acids is 1. The Morgan fingerprint density at radius 3 is 2.29 bits per heavy atom. The van der Waals surface area contributed by atoms with Gasteiger partial charge in [0.2, 0.25) is 0 Å². The predicted molar refractivity (Wildman–Crippen MR) is 81.6 cm³/mol. The summed E-state index contributed by atoms with van der Waals surface area (Å²) in [6, 6.07) is 11.1. The van der Waals surface area contributed by atoms with E-state index in [1.165, 1.54) is 6.07 Å². The lowest BCUT2D eigenvalue weighted by atomic mass is 10.1. The van der Waals surface area contributed by atoms with Gasteiger partial charge in [-0.3, -0.25) is 0 Å². The van der Waals surface area contributed by atoms with Gasteiger partial charge in [0.25, 0.3) is 0 Å². The van der Waals surface area contributed by atoms with Gasteiger partial charge in [-0.25, -0.2) is 9.59 Å². The van der Waals surface area contributed by atoms with Gasteiger partial charge in [-0.15, -0.1) is 0 Å². The summed E-state index contributed by atoms with van der Waals surface area (Å²) in [5.41, 5.74) is 7.74. The average Bonchev–Trinajstić information content (AvgIpc) is 2.43. The second kappa shape index (κ2) is 5.96. The Balaban J connectivity index is 2.15. The molecule has 21 heavy (non-hydrogen) atoms. The molecule has 2 aromatic carbocycles. The number of hydrogen-bond acceptors (Lipinski definition) is 3. The highest BCUT2D eigenvalue weighted by molar-refractivity contribution is 6.03. The van der Waals surface area contributed by atoms with Crippen LogP contribution >= 0.6 is 0 Å². The molecule has 0 saturated carbocycles. The van der Waals surface area contributed by atoms with Crippen molar-refractivity contribution in [2.45, 2.75) is 6.92 Å². The molecule has 0 spiro atoms. The first-order valence-corrected chi connectivity index (χ1v) is 6.24. The first-order valence-electron chi connectivity index (χ1n) is 6.24.